The Labute approximate surface area is 210 Å². The molecule has 0 radical (unpaired) electrons. The number of alkyl halides is 1. The summed E-state index contributed by atoms with van der Waals surface area (Å²) in [5.74, 6) is -0.407. The van der Waals surface area contributed by atoms with Crippen molar-refractivity contribution in [2.75, 3.05) is 20.2 Å². The fraction of sp³-hybridized carbons (Fsp3) is 0.500. The number of halogens is 2. The van der Waals surface area contributed by atoms with E-state index in [0.29, 0.717) is 17.8 Å². The number of phenolic OH excluding ortho intramolecular Hbond substituents is 1. The van der Waals surface area contributed by atoms with Crippen molar-refractivity contribution in [1.82, 2.24) is 0 Å². The molecule has 2 N–H and O–H groups in total. The minimum atomic E-state index is -1.11. The van der Waals surface area contributed by atoms with E-state index in [1.807, 2.05) is 19.1 Å². The largest absolute Gasteiger partial charge is 0.507 e. The van der Waals surface area contributed by atoms with E-state index >= 15 is 0 Å². The van der Waals surface area contributed by atoms with Crippen LogP contribution in [0.5, 0.6) is 11.5 Å². The highest BCUT2D eigenvalue weighted by Crippen LogP contribution is 2.41. The standard InChI is InChI=1S/C26H33ClFNO6/c1-15(6-9-20-25(33)21(11-30)18(4)24(27)26(20)35-13-28)5-8-19-16(2)7-10-22(17(19)3)29-14-34-12-23(31)32/h5-6,8,11,16-17,19,33H,7,9-10,12-14H2,1-4H3,(H,31,32)/b8-5+,15-6+,29-22?/t16-,17-,19?/m1/s1. The molecular formula is C26H33ClFNO6. The lowest BCUT2D eigenvalue weighted by Gasteiger charge is -2.34. The number of hydrogen-bond acceptors (Lipinski definition) is 6. The molecule has 0 aromatic heterocycles. The van der Waals surface area contributed by atoms with E-state index in [2.05, 4.69) is 24.9 Å². The molecule has 0 heterocycles. The molecule has 3 atom stereocenters. The molecule has 0 aliphatic heterocycles. The molecule has 1 aliphatic rings. The maximum absolute atomic E-state index is 12.9. The van der Waals surface area contributed by atoms with Crippen molar-refractivity contribution in [3.8, 4) is 11.5 Å². The number of rotatable bonds is 11. The van der Waals surface area contributed by atoms with E-state index in [4.69, 9.17) is 26.2 Å². The smallest absolute Gasteiger partial charge is 0.329 e. The molecule has 35 heavy (non-hydrogen) atoms. The van der Waals surface area contributed by atoms with Crippen LogP contribution in [0.4, 0.5) is 4.39 Å². The Morgan fingerprint density at radius 2 is 2.06 bits per heavy atom. The molecule has 1 aliphatic carbocycles. The van der Waals surface area contributed by atoms with E-state index in [0.717, 1.165) is 24.1 Å². The zero-order chi connectivity index (χ0) is 26.1. The Hall–Kier alpha value is -2.71. The molecule has 0 spiro atoms. The first-order valence-corrected chi connectivity index (χ1v) is 11.9. The number of phenols is 1. The number of aromatic hydroxyl groups is 1. The summed E-state index contributed by atoms with van der Waals surface area (Å²) in [5, 5.41) is 19.3. The molecule has 1 aromatic rings. The summed E-state index contributed by atoms with van der Waals surface area (Å²) >= 11 is 6.27. The van der Waals surface area contributed by atoms with Gasteiger partial charge in [-0.15, -0.1) is 0 Å². The number of aliphatic carboxylic acids is 1. The second-order valence-corrected chi connectivity index (χ2v) is 9.17. The molecule has 1 unspecified atom stereocenters. The van der Waals surface area contributed by atoms with Gasteiger partial charge in [-0.1, -0.05) is 49.2 Å². The lowest BCUT2D eigenvalue weighted by atomic mass is 9.72. The van der Waals surface area contributed by atoms with E-state index < -0.39 is 12.8 Å². The summed E-state index contributed by atoms with van der Waals surface area (Å²) in [6, 6.07) is 0. The Balaban J connectivity index is 2.19. The highest BCUT2D eigenvalue weighted by atomic mass is 35.5. The van der Waals surface area contributed by atoms with Crippen LogP contribution >= 0.6 is 11.6 Å². The average molecular weight is 510 g/mol. The number of carboxylic acids is 1. The summed E-state index contributed by atoms with van der Waals surface area (Å²) in [6.45, 7) is 6.31. The van der Waals surface area contributed by atoms with Gasteiger partial charge >= 0.3 is 5.97 Å². The van der Waals surface area contributed by atoms with Crippen LogP contribution in [-0.4, -0.2) is 48.4 Å². The second kappa shape index (κ2) is 13.4. The van der Waals surface area contributed by atoms with E-state index in [1.165, 1.54) is 0 Å². The maximum Gasteiger partial charge on any atom is 0.329 e. The molecule has 0 saturated heterocycles. The van der Waals surface area contributed by atoms with Gasteiger partial charge in [-0.05, 0) is 50.5 Å². The number of allylic oxidation sites excluding steroid dienone is 4. The number of carbonyl (C=O) groups is 2. The number of carboxylic acid groups (broad SMARTS) is 1. The van der Waals surface area contributed by atoms with E-state index in [9.17, 15) is 19.1 Å². The van der Waals surface area contributed by atoms with Crippen molar-refractivity contribution in [1.29, 1.82) is 0 Å². The topological polar surface area (TPSA) is 105 Å². The van der Waals surface area contributed by atoms with Crippen LogP contribution in [0.25, 0.3) is 0 Å². The third-order valence-corrected chi connectivity index (χ3v) is 6.93. The lowest BCUT2D eigenvalue weighted by molar-refractivity contribution is -0.142. The Morgan fingerprint density at radius 1 is 1.34 bits per heavy atom. The van der Waals surface area contributed by atoms with Crippen LogP contribution in [-0.2, 0) is 16.0 Å². The van der Waals surface area contributed by atoms with Gasteiger partial charge in [0.05, 0.1) is 10.6 Å². The number of aldehydes is 1. The predicted molar refractivity (Wildman–Crippen MR) is 133 cm³/mol. The van der Waals surface area contributed by atoms with Crippen molar-refractivity contribution in [2.45, 2.75) is 47.0 Å². The molecule has 7 nitrogen and oxygen atoms in total. The Morgan fingerprint density at radius 3 is 2.69 bits per heavy atom. The Bertz CT molecular complexity index is 1020. The Kier molecular flexibility index (Phi) is 10.9. The van der Waals surface area contributed by atoms with Crippen molar-refractivity contribution in [3.05, 3.63) is 45.5 Å². The number of carbonyl (C=O) groups excluding carboxylic acids is 1. The van der Waals surface area contributed by atoms with Gasteiger partial charge in [-0.25, -0.2) is 9.18 Å². The third-order valence-electron chi connectivity index (χ3n) is 6.47. The normalized spacial score (nSPS) is 22.1. The number of aliphatic imine (C=N–C) groups is 1. The first-order valence-electron chi connectivity index (χ1n) is 11.5. The van der Waals surface area contributed by atoms with Gasteiger partial charge in [0, 0.05) is 17.2 Å². The fourth-order valence-corrected chi connectivity index (χ4v) is 4.62. The molecule has 2 rings (SSSR count). The summed E-state index contributed by atoms with van der Waals surface area (Å²) in [6.07, 6.45) is 8.51. The van der Waals surface area contributed by atoms with Gasteiger partial charge in [-0.2, -0.15) is 0 Å². The number of hydrogen-bond donors (Lipinski definition) is 2. The molecular weight excluding hydrogens is 477 g/mol. The zero-order valence-corrected chi connectivity index (χ0v) is 21.3. The van der Waals surface area contributed by atoms with Crippen molar-refractivity contribution >= 4 is 29.6 Å². The first-order chi connectivity index (χ1) is 16.6. The lowest BCUT2D eigenvalue weighted by Crippen LogP contribution is -2.31. The van der Waals surface area contributed by atoms with E-state index in [-0.39, 0.29) is 59.2 Å². The van der Waals surface area contributed by atoms with Crippen LogP contribution in [0.3, 0.4) is 0 Å². The van der Waals surface area contributed by atoms with Gasteiger partial charge in [0.2, 0.25) is 6.86 Å². The summed E-state index contributed by atoms with van der Waals surface area (Å²) < 4.78 is 23.0. The summed E-state index contributed by atoms with van der Waals surface area (Å²) in [5.41, 5.74) is 2.56. The predicted octanol–water partition coefficient (Wildman–Crippen LogP) is 5.70. The average Bonchev–Trinajstić information content (AvgIpc) is 2.81. The van der Waals surface area contributed by atoms with Gasteiger partial charge in [0.15, 0.2) is 6.29 Å². The van der Waals surface area contributed by atoms with Crippen LogP contribution in [0, 0.1) is 24.7 Å². The van der Waals surface area contributed by atoms with Crippen LogP contribution < -0.4 is 4.74 Å². The SMILES string of the molecule is CC(/C=C/C1[C@H](C)CCC(=NCOCC(=O)O)[C@@H]1C)=C\Cc1c(O)c(C=O)c(C)c(Cl)c1OCF. The monoisotopic (exact) mass is 509 g/mol. The minimum Gasteiger partial charge on any atom is -0.507 e. The molecule has 1 aromatic carbocycles. The van der Waals surface area contributed by atoms with Gasteiger partial charge in [0.25, 0.3) is 0 Å². The minimum absolute atomic E-state index is 0.0308. The summed E-state index contributed by atoms with van der Waals surface area (Å²) in [7, 11) is 0. The van der Waals surface area contributed by atoms with Crippen molar-refractivity contribution < 1.29 is 33.7 Å². The highest BCUT2D eigenvalue weighted by molar-refractivity contribution is 6.33. The van der Waals surface area contributed by atoms with Gasteiger partial charge in [0.1, 0.15) is 24.8 Å². The number of ether oxygens (including phenoxy) is 2. The number of benzene rings is 1. The molecule has 0 bridgehead atoms. The molecule has 1 saturated carbocycles. The molecule has 192 valence electrons. The maximum atomic E-state index is 12.9. The quantitative estimate of drug-likeness (QED) is 0.225. The summed E-state index contributed by atoms with van der Waals surface area (Å²) in [4.78, 5) is 26.5. The highest BCUT2D eigenvalue weighted by Gasteiger charge is 2.30. The van der Waals surface area contributed by atoms with Gasteiger partial charge < -0.3 is 19.7 Å². The molecule has 0 amide bonds. The molecule has 9 heteroatoms. The third kappa shape index (κ3) is 7.39. The van der Waals surface area contributed by atoms with Gasteiger partial charge in [-0.3, -0.25) is 9.79 Å². The van der Waals surface area contributed by atoms with Crippen LogP contribution in [0.2, 0.25) is 5.02 Å². The fourth-order valence-electron chi connectivity index (χ4n) is 4.35. The zero-order valence-electron chi connectivity index (χ0n) is 20.5. The van der Waals surface area contributed by atoms with E-state index in [1.54, 1.807) is 6.92 Å². The van der Waals surface area contributed by atoms with Crippen LogP contribution in [0.15, 0.2) is 28.8 Å². The van der Waals surface area contributed by atoms with Crippen molar-refractivity contribution in [2.24, 2.45) is 22.7 Å². The molecule has 1 fully saturated rings. The van der Waals surface area contributed by atoms with Crippen LogP contribution in [0.1, 0.15) is 55.1 Å². The van der Waals surface area contributed by atoms with Crippen molar-refractivity contribution in [3.63, 3.8) is 0 Å². The first kappa shape index (κ1) is 28.5. The number of nitrogens with zero attached hydrogens (tertiary/aromatic N) is 1. The second-order valence-electron chi connectivity index (χ2n) is 8.79.